The first-order valence-electron chi connectivity index (χ1n) is 9.70. The fourth-order valence-corrected chi connectivity index (χ4v) is 3.81. The van der Waals surface area contributed by atoms with E-state index in [0.717, 1.165) is 18.5 Å². The number of hydrogen-bond acceptors (Lipinski definition) is 8. The number of aryl methyl sites for hydroxylation is 1. The molecule has 2 fully saturated rings. The number of ether oxygens (including phenoxy) is 4. The maximum atomic E-state index is 12.8. The molecule has 1 aromatic heterocycles. The number of carbonyl (C=O) groups is 1. The molecule has 3 aliphatic rings. The van der Waals surface area contributed by atoms with Crippen LogP contribution < -0.4 is 19.7 Å². The summed E-state index contributed by atoms with van der Waals surface area (Å²) in [6, 6.07) is 6.96. The van der Waals surface area contributed by atoms with E-state index in [2.05, 4.69) is 20.2 Å². The van der Waals surface area contributed by atoms with E-state index >= 15 is 0 Å². The maximum Gasteiger partial charge on any atom is 0.274 e. The van der Waals surface area contributed by atoms with Gasteiger partial charge < -0.3 is 29.2 Å². The number of anilines is 2. The van der Waals surface area contributed by atoms with Gasteiger partial charge in [-0.05, 0) is 25.1 Å². The highest BCUT2D eigenvalue weighted by Gasteiger charge is 2.40. The van der Waals surface area contributed by atoms with Crippen LogP contribution in [0.3, 0.4) is 0 Å². The van der Waals surface area contributed by atoms with Crippen molar-refractivity contribution >= 4 is 17.5 Å². The predicted octanol–water partition coefficient (Wildman–Crippen LogP) is 2.11. The highest BCUT2D eigenvalue weighted by molar-refractivity contribution is 6.03. The Hall–Kier alpha value is -2.91. The first-order chi connectivity index (χ1) is 14.1. The van der Waals surface area contributed by atoms with Crippen LogP contribution in [0.25, 0.3) is 0 Å². The molecule has 1 spiro atoms. The van der Waals surface area contributed by atoms with E-state index in [0.29, 0.717) is 55.1 Å². The zero-order chi connectivity index (χ0) is 19.8. The average Bonchev–Trinajstić information content (AvgIpc) is 3.37. The Bertz CT molecular complexity index is 934. The number of piperidine rings is 1. The zero-order valence-electron chi connectivity index (χ0n) is 16.1. The van der Waals surface area contributed by atoms with Gasteiger partial charge in [0, 0.05) is 43.4 Å². The summed E-state index contributed by atoms with van der Waals surface area (Å²) in [5.74, 6) is 1.07. The number of aromatic nitrogens is 2. The Kier molecular flexibility index (Phi) is 4.48. The second-order valence-corrected chi connectivity index (χ2v) is 7.31. The van der Waals surface area contributed by atoms with Crippen LogP contribution in [0.2, 0.25) is 0 Å². The van der Waals surface area contributed by atoms with Crippen LogP contribution in [0.15, 0.2) is 24.3 Å². The summed E-state index contributed by atoms with van der Waals surface area (Å²) in [4.78, 5) is 23.9. The summed E-state index contributed by atoms with van der Waals surface area (Å²) in [5.41, 5.74) is 1.67. The smallest absolute Gasteiger partial charge is 0.274 e. The van der Waals surface area contributed by atoms with Crippen LogP contribution in [-0.4, -0.2) is 54.8 Å². The lowest BCUT2D eigenvalue weighted by molar-refractivity contribution is -0.169. The quantitative estimate of drug-likeness (QED) is 0.840. The van der Waals surface area contributed by atoms with Gasteiger partial charge in [0.25, 0.3) is 5.91 Å². The lowest BCUT2D eigenvalue weighted by Gasteiger charge is -2.37. The van der Waals surface area contributed by atoms with Crippen molar-refractivity contribution in [1.29, 1.82) is 0 Å². The van der Waals surface area contributed by atoms with E-state index in [1.54, 1.807) is 24.3 Å². The monoisotopic (exact) mass is 398 g/mol. The molecule has 2 saturated heterocycles. The number of fused-ring (bicyclic) bond motifs is 1. The van der Waals surface area contributed by atoms with Crippen LogP contribution in [-0.2, 0) is 9.47 Å². The molecule has 5 rings (SSSR count). The van der Waals surface area contributed by atoms with E-state index in [4.69, 9.17) is 18.9 Å². The summed E-state index contributed by atoms with van der Waals surface area (Å²) in [7, 11) is 0. The molecule has 0 atom stereocenters. The van der Waals surface area contributed by atoms with Crippen LogP contribution in [0, 0.1) is 6.92 Å². The van der Waals surface area contributed by atoms with Crippen LogP contribution in [0.5, 0.6) is 11.5 Å². The first kappa shape index (κ1) is 18.1. The topological polar surface area (TPSA) is 95.0 Å². The van der Waals surface area contributed by atoms with Crippen molar-refractivity contribution in [1.82, 2.24) is 9.97 Å². The molecule has 4 heterocycles. The molecule has 1 aromatic carbocycles. The number of benzene rings is 1. The van der Waals surface area contributed by atoms with Crippen molar-refractivity contribution in [3.05, 3.63) is 35.7 Å². The van der Waals surface area contributed by atoms with Crippen LogP contribution in [0.1, 0.15) is 29.0 Å². The van der Waals surface area contributed by atoms with Crippen molar-refractivity contribution < 1.29 is 23.7 Å². The van der Waals surface area contributed by atoms with E-state index in [-0.39, 0.29) is 12.7 Å². The minimum atomic E-state index is -0.458. The van der Waals surface area contributed by atoms with Gasteiger partial charge in [0.05, 0.1) is 13.2 Å². The van der Waals surface area contributed by atoms with Crippen LogP contribution in [0.4, 0.5) is 11.6 Å². The SMILES string of the molecule is Cc1cc(C(=O)Nc2ccc3c(c2)OCO3)nc(N2CCC3(CC2)OCCO3)n1. The Balaban J connectivity index is 1.31. The van der Waals surface area contributed by atoms with Crippen molar-refractivity contribution in [3.8, 4) is 11.5 Å². The van der Waals surface area contributed by atoms with Gasteiger partial charge in [0.1, 0.15) is 5.69 Å². The third kappa shape index (κ3) is 3.58. The Morgan fingerprint density at radius 1 is 1.07 bits per heavy atom. The minimum Gasteiger partial charge on any atom is -0.454 e. The van der Waals surface area contributed by atoms with E-state index in [1.165, 1.54) is 0 Å². The van der Waals surface area contributed by atoms with E-state index in [1.807, 2.05) is 6.92 Å². The molecule has 2 aromatic rings. The molecule has 1 N–H and O–H groups in total. The molecular weight excluding hydrogens is 376 g/mol. The number of hydrogen-bond donors (Lipinski definition) is 1. The molecule has 0 bridgehead atoms. The zero-order valence-corrected chi connectivity index (χ0v) is 16.1. The van der Waals surface area contributed by atoms with Gasteiger partial charge in [-0.1, -0.05) is 0 Å². The van der Waals surface area contributed by atoms with E-state index < -0.39 is 5.79 Å². The highest BCUT2D eigenvalue weighted by Crippen LogP contribution is 2.35. The first-order valence-corrected chi connectivity index (χ1v) is 9.70. The van der Waals surface area contributed by atoms with Gasteiger partial charge in [0.15, 0.2) is 17.3 Å². The predicted molar refractivity (Wildman–Crippen MR) is 103 cm³/mol. The summed E-state index contributed by atoms with van der Waals surface area (Å²) in [6.45, 7) is 4.77. The van der Waals surface area contributed by atoms with Gasteiger partial charge in [-0.2, -0.15) is 0 Å². The van der Waals surface area contributed by atoms with Gasteiger partial charge in [-0.3, -0.25) is 4.79 Å². The standard InChI is InChI=1S/C20H22N4O5/c1-13-10-15(18(25)22-14-2-3-16-17(11-14)27-12-26-16)23-19(21-13)24-6-4-20(5-7-24)28-8-9-29-20/h2-3,10-11H,4-9,12H2,1H3,(H,22,25). The molecule has 0 unspecified atom stereocenters. The molecule has 0 aliphatic carbocycles. The fourth-order valence-electron chi connectivity index (χ4n) is 3.81. The Morgan fingerprint density at radius 3 is 2.62 bits per heavy atom. The molecule has 152 valence electrons. The van der Waals surface area contributed by atoms with Crippen molar-refractivity contribution in [2.24, 2.45) is 0 Å². The number of carbonyl (C=O) groups excluding carboxylic acids is 1. The third-order valence-electron chi connectivity index (χ3n) is 5.33. The summed E-state index contributed by atoms with van der Waals surface area (Å²) < 4.78 is 22.2. The lowest BCUT2D eigenvalue weighted by atomic mass is 10.0. The highest BCUT2D eigenvalue weighted by atomic mass is 16.7. The summed E-state index contributed by atoms with van der Waals surface area (Å²) in [6.07, 6.45) is 1.51. The Labute approximate surface area is 167 Å². The number of amides is 1. The molecule has 0 saturated carbocycles. The second-order valence-electron chi connectivity index (χ2n) is 7.31. The summed E-state index contributed by atoms with van der Waals surface area (Å²) >= 11 is 0. The lowest BCUT2D eigenvalue weighted by Crippen LogP contribution is -2.45. The Morgan fingerprint density at radius 2 is 1.83 bits per heavy atom. The minimum absolute atomic E-state index is 0.189. The molecule has 29 heavy (non-hydrogen) atoms. The fraction of sp³-hybridized carbons (Fsp3) is 0.450. The number of rotatable bonds is 3. The van der Waals surface area contributed by atoms with Crippen molar-refractivity contribution in [2.75, 3.05) is 43.3 Å². The van der Waals surface area contributed by atoms with Crippen LogP contribution >= 0.6 is 0 Å². The maximum absolute atomic E-state index is 12.8. The van der Waals surface area contributed by atoms with Crippen molar-refractivity contribution in [2.45, 2.75) is 25.6 Å². The van der Waals surface area contributed by atoms with Gasteiger partial charge in [0.2, 0.25) is 12.7 Å². The molecule has 0 radical (unpaired) electrons. The second kappa shape index (κ2) is 7.16. The normalized spacial score (nSPS) is 19.6. The molecular formula is C20H22N4O5. The number of nitrogens with one attached hydrogen (secondary N) is 1. The number of nitrogens with zero attached hydrogens (tertiary/aromatic N) is 3. The van der Waals surface area contributed by atoms with Gasteiger partial charge >= 0.3 is 0 Å². The van der Waals surface area contributed by atoms with Gasteiger partial charge in [-0.15, -0.1) is 0 Å². The molecule has 9 nitrogen and oxygen atoms in total. The molecule has 3 aliphatic heterocycles. The molecule has 1 amide bonds. The van der Waals surface area contributed by atoms with Crippen molar-refractivity contribution in [3.63, 3.8) is 0 Å². The third-order valence-corrected chi connectivity index (χ3v) is 5.33. The largest absolute Gasteiger partial charge is 0.454 e. The average molecular weight is 398 g/mol. The molecule has 9 heteroatoms. The van der Waals surface area contributed by atoms with E-state index in [9.17, 15) is 4.79 Å². The summed E-state index contributed by atoms with van der Waals surface area (Å²) in [5, 5.41) is 2.86. The van der Waals surface area contributed by atoms with Gasteiger partial charge in [-0.25, -0.2) is 9.97 Å².